The number of rotatable bonds is 9. The fourth-order valence-corrected chi connectivity index (χ4v) is 4.58. The molecule has 1 aliphatic heterocycles. The van der Waals surface area contributed by atoms with E-state index in [0.717, 1.165) is 24.0 Å². The fourth-order valence-electron chi connectivity index (χ4n) is 4.58. The molecule has 34 heavy (non-hydrogen) atoms. The highest BCUT2D eigenvalue weighted by atomic mass is 16.5. The van der Waals surface area contributed by atoms with Crippen molar-refractivity contribution in [2.24, 2.45) is 0 Å². The molecule has 1 saturated heterocycles. The maximum absolute atomic E-state index is 10.5. The summed E-state index contributed by atoms with van der Waals surface area (Å²) in [6.07, 6.45) is -0.590. The second kappa shape index (κ2) is 10.1. The maximum Gasteiger partial charge on any atom is 0.140 e. The minimum Gasteiger partial charge on any atom is -0.389 e. The Kier molecular flexibility index (Phi) is 6.59. The minimum atomic E-state index is -0.680. The van der Waals surface area contributed by atoms with E-state index in [-0.39, 0.29) is 18.8 Å². The van der Waals surface area contributed by atoms with Crippen LogP contribution in [0, 0.1) is 11.3 Å². The second-order valence-electron chi connectivity index (χ2n) is 8.68. The van der Waals surface area contributed by atoms with Crippen LogP contribution in [0.15, 0.2) is 91.0 Å². The molecule has 0 amide bonds. The first-order chi connectivity index (χ1) is 16.7. The summed E-state index contributed by atoms with van der Waals surface area (Å²) in [4.78, 5) is 2.41. The number of para-hydroxylation sites is 1. The second-order valence-corrected chi connectivity index (χ2v) is 8.68. The Morgan fingerprint density at radius 3 is 2.21 bits per heavy atom. The van der Waals surface area contributed by atoms with E-state index in [1.807, 2.05) is 42.5 Å². The number of aliphatic hydroxyl groups excluding tert-OH is 1. The Morgan fingerprint density at radius 2 is 1.56 bits per heavy atom. The van der Waals surface area contributed by atoms with Crippen LogP contribution in [0.2, 0.25) is 0 Å². The van der Waals surface area contributed by atoms with Crippen molar-refractivity contribution in [1.29, 1.82) is 5.26 Å². The normalized spacial score (nSPS) is 15.2. The smallest absolute Gasteiger partial charge is 0.140 e. The number of nitrogens with one attached hydrogen (secondary N) is 1. The third-order valence-electron chi connectivity index (χ3n) is 6.31. The van der Waals surface area contributed by atoms with Crippen LogP contribution < -0.4 is 5.43 Å². The van der Waals surface area contributed by atoms with Gasteiger partial charge in [0, 0.05) is 18.5 Å². The number of fused-ring (bicyclic) bond motifs is 1. The Bertz CT molecular complexity index is 1220. The molecular weight excluding hydrogens is 424 g/mol. The molecule has 172 valence electrons. The topological polar surface area (TPSA) is 73.5 Å². The van der Waals surface area contributed by atoms with Gasteiger partial charge in [0.1, 0.15) is 11.8 Å². The summed E-state index contributed by atoms with van der Waals surface area (Å²) in [7, 11) is 0. The Morgan fingerprint density at radius 1 is 0.941 bits per heavy atom. The van der Waals surface area contributed by atoms with Crippen molar-refractivity contribution in [2.75, 3.05) is 31.7 Å². The molecule has 1 aromatic heterocycles. The number of hydrogen-bond donors (Lipinski definition) is 2. The number of nitrogens with zero attached hydrogens (tertiary/aromatic N) is 3. The van der Waals surface area contributed by atoms with Crippen molar-refractivity contribution in [3.05, 3.63) is 108 Å². The molecule has 5 rings (SSSR count). The van der Waals surface area contributed by atoms with Crippen LogP contribution >= 0.6 is 0 Å². The molecule has 1 aliphatic rings. The Balaban J connectivity index is 1.15. The number of aromatic nitrogens is 1. The van der Waals surface area contributed by atoms with E-state index in [2.05, 4.69) is 64.9 Å². The lowest BCUT2D eigenvalue weighted by Crippen LogP contribution is -2.54. The van der Waals surface area contributed by atoms with E-state index >= 15 is 0 Å². The molecule has 2 heterocycles. The fraction of sp³-hybridized carbons (Fsp3) is 0.250. The first-order valence-corrected chi connectivity index (χ1v) is 11.6. The average molecular weight is 453 g/mol. The molecule has 6 heteroatoms. The summed E-state index contributed by atoms with van der Waals surface area (Å²) < 4.78 is 7.73. The number of hydrogen-bond acceptors (Lipinski definition) is 5. The van der Waals surface area contributed by atoms with Crippen molar-refractivity contribution < 1.29 is 9.84 Å². The summed E-state index contributed by atoms with van der Waals surface area (Å²) in [5, 5.41) is 20.9. The number of nitriles is 1. The SMILES string of the molecule is N#Cc1cc2ccccc2n1NCC(O)COC1CN(C(c2ccccc2)c2ccccc2)C1. The highest BCUT2D eigenvalue weighted by Gasteiger charge is 2.34. The van der Waals surface area contributed by atoms with Crippen LogP contribution in [0.3, 0.4) is 0 Å². The largest absolute Gasteiger partial charge is 0.389 e. The molecule has 1 atom stereocenters. The van der Waals surface area contributed by atoms with Gasteiger partial charge in [-0.15, -0.1) is 0 Å². The summed E-state index contributed by atoms with van der Waals surface area (Å²) in [5.41, 5.74) is 7.13. The molecule has 6 nitrogen and oxygen atoms in total. The molecular formula is C28H28N4O2. The summed E-state index contributed by atoms with van der Waals surface area (Å²) >= 11 is 0. The lowest BCUT2D eigenvalue weighted by molar-refractivity contribution is -0.0878. The number of ether oxygens (including phenoxy) is 1. The van der Waals surface area contributed by atoms with Crippen LogP contribution in [-0.2, 0) is 4.74 Å². The zero-order valence-corrected chi connectivity index (χ0v) is 18.9. The van der Waals surface area contributed by atoms with Gasteiger partial charge in [0.05, 0.1) is 36.9 Å². The molecule has 0 saturated carbocycles. The summed E-state index contributed by atoms with van der Waals surface area (Å²) in [5.74, 6) is 0. The molecule has 3 aromatic carbocycles. The van der Waals surface area contributed by atoms with Crippen LogP contribution in [0.4, 0.5) is 0 Å². The van der Waals surface area contributed by atoms with Gasteiger partial charge < -0.3 is 15.3 Å². The molecule has 0 spiro atoms. The summed E-state index contributed by atoms with van der Waals surface area (Å²) in [6, 6.07) is 33.1. The molecule has 1 fully saturated rings. The third kappa shape index (κ3) is 4.68. The van der Waals surface area contributed by atoms with E-state index < -0.39 is 6.10 Å². The quantitative estimate of drug-likeness (QED) is 0.403. The lowest BCUT2D eigenvalue weighted by atomic mass is 9.94. The zero-order chi connectivity index (χ0) is 23.3. The first kappa shape index (κ1) is 22.2. The number of aliphatic hydroxyl groups is 1. The average Bonchev–Trinajstić information content (AvgIpc) is 3.22. The number of benzene rings is 3. The molecule has 0 aliphatic carbocycles. The predicted octanol–water partition coefficient (Wildman–Crippen LogP) is 3.91. The standard InChI is InChI=1S/C28H28N4O2/c29-16-24-15-23-13-7-8-14-27(23)32(24)30-17-25(33)20-34-26-18-31(19-26)28(21-9-3-1-4-10-21)22-11-5-2-6-12-22/h1-15,25-26,28,30,33H,17-20H2. The van der Waals surface area contributed by atoms with Crippen molar-refractivity contribution in [3.63, 3.8) is 0 Å². The zero-order valence-electron chi connectivity index (χ0n) is 18.9. The van der Waals surface area contributed by atoms with E-state index in [1.165, 1.54) is 11.1 Å². The van der Waals surface area contributed by atoms with Gasteiger partial charge in [-0.2, -0.15) is 5.26 Å². The first-order valence-electron chi connectivity index (χ1n) is 11.6. The van der Waals surface area contributed by atoms with Crippen molar-refractivity contribution in [1.82, 2.24) is 9.58 Å². The van der Waals surface area contributed by atoms with E-state index in [9.17, 15) is 10.4 Å². The molecule has 2 N–H and O–H groups in total. The van der Waals surface area contributed by atoms with Crippen molar-refractivity contribution in [3.8, 4) is 6.07 Å². The van der Waals surface area contributed by atoms with Gasteiger partial charge in [0.2, 0.25) is 0 Å². The van der Waals surface area contributed by atoms with Crippen LogP contribution in [0.25, 0.3) is 10.9 Å². The van der Waals surface area contributed by atoms with E-state index in [1.54, 1.807) is 4.68 Å². The number of likely N-dealkylation sites (tertiary alicyclic amines) is 1. The van der Waals surface area contributed by atoms with E-state index in [4.69, 9.17) is 4.74 Å². The van der Waals surface area contributed by atoms with Crippen LogP contribution in [-0.4, -0.2) is 53.1 Å². The molecule has 0 radical (unpaired) electrons. The van der Waals surface area contributed by atoms with Crippen molar-refractivity contribution >= 4 is 10.9 Å². The van der Waals surface area contributed by atoms with Gasteiger partial charge in [-0.1, -0.05) is 78.9 Å². The predicted molar refractivity (Wildman–Crippen MR) is 133 cm³/mol. The molecule has 4 aromatic rings. The van der Waals surface area contributed by atoms with Gasteiger partial charge in [-0.3, -0.25) is 4.90 Å². The Labute approximate surface area is 199 Å². The van der Waals surface area contributed by atoms with Gasteiger partial charge in [0.25, 0.3) is 0 Å². The van der Waals surface area contributed by atoms with Gasteiger partial charge in [-0.05, 0) is 23.3 Å². The van der Waals surface area contributed by atoms with E-state index in [0.29, 0.717) is 12.2 Å². The highest BCUT2D eigenvalue weighted by Crippen LogP contribution is 2.33. The maximum atomic E-state index is 10.5. The van der Waals surface area contributed by atoms with Gasteiger partial charge in [-0.25, -0.2) is 4.68 Å². The van der Waals surface area contributed by atoms with Gasteiger partial charge in [0.15, 0.2) is 0 Å². The van der Waals surface area contributed by atoms with Gasteiger partial charge >= 0.3 is 0 Å². The Hall–Kier alpha value is -3.63. The molecule has 1 unspecified atom stereocenters. The minimum absolute atomic E-state index is 0.0895. The van der Waals surface area contributed by atoms with Crippen LogP contribution in [0.1, 0.15) is 22.9 Å². The molecule has 0 bridgehead atoms. The summed E-state index contributed by atoms with van der Waals surface area (Å²) in [6.45, 7) is 2.17. The van der Waals surface area contributed by atoms with Crippen LogP contribution in [0.5, 0.6) is 0 Å². The monoisotopic (exact) mass is 452 g/mol. The highest BCUT2D eigenvalue weighted by molar-refractivity contribution is 5.82. The van der Waals surface area contributed by atoms with Crippen molar-refractivity contribution in [2.45, 2.75) is 18.2 Å². The third-order valence-corrected chi connectivity index (χ3v) is 6.31. The lowest BCUT2D eigenvalue weighted by Gasteiger charge is -2.44.